The van der Waals surface area contributed by atoms with Gasteiger partial charge in [-0.1, -0.05) is 13.3 Å². The molecule has 1 fully saturated rings. The molecule has 20 heavy (non-hydrogen) atoms. The third-order valence-corrected chi connectivity index (χ3v) is 3.95. The second-order valence-electron chi connectivity index (χ2n) is 5.36. The van der Waals surface area contributed by atoms with Crippen LogP contribution in [0, 0.1) is 5.92 Å². The van der Waals surface area contributed by atoms with E-state index in [1.807, 2.05) is 0 Å². The lowest BCUT2D eigenvalue weighted by molar-refractivity contribution is -0.139. The Morgan fingerprint density at radius 1 is 1.25 bits per heavy atom. The Balaban J connectivity index is 2.24. The molecule has 0 spiro atoms. The minimum atomic E-state index is -4.44. The molecule has 0 radical (unpaired) electrons. The summed E-state index contributed by atoms with van der Waals surface area (Å²) in [4.78, 5) is 0. The van der Waals surface area contributed by atoms with Gasteiger partial charge in [0.05, 0.1) is 5.56 Å². The number of hydrogen-bond acceptors (Lipinski definition) is 2. The van der Waals surface area contributed by atoms with Gasteiger partial charge in [-0.2, -0.15) is 13.2 Å². The quantitative estimate of drug-likeness (QED) is 0.822. The van der Waals surface area contributed by atoms with E-state index in [1.54, 1.807) is 0 Å². The molecule has 1 aromatic carbocycles. The van der Waals surface area contributed by atoms with Gasteiger partial charge in [0.1, 0.15) is 11.9 Å². The average molecular weight is 287 g/mol. The third kappa shape index (κ3) is 3.38. The van der Waals surface area contributed by atoms with Crippen LogP contribution >= 0.6 is 0 Å². The summed E-state index contributed by atoms with van der Waals surface area (Å²) in [5.74, 6) is 0.236. The predicted octanol–water partition coefficient (Wildman–Crippen LogP) is 4.64. The fourth-order valence-electron chi connectivity index (χ4n) is 2.83. The van der Waals surface area contributed by atoms with E-state index < -0.39 is 11.7 Å². The van der Waals surface area contributed by atoms with Crippen molar-refractivity contribution in [3.63, 3.8) is 0 Å². The van der Waals surface area contributed by atoms with Crippen LogP contribution in [0.2, 0.25) is 0 Å². The molecule has 5 heteroatoms. The first kappa shape index (κ1) is 15.0. The molecule has 0 heterocycles. The van der Waals surface area contributed by atoms with Crippen LogP contribution in [-0.2, 0) is 6.18 Å². The molecule has 0 aromatic heterocycles. The minimum absolute atomic E-state index is 0.0976. The Bertz CT molecular complexity index is 459. The summed E-state index contributed by atoms with van der Waals surface area (Å²) in [5.41, 5.74) is 4.77. The number of benzene rings is 1. The molecule has 0 aliphatic heterocycles. The van der Waals surface area contributed by atoms with Crippen molar-refractivity contribution in [2.45, 2.75) is 51.3 Å². The first-order chi connectivity index (χ1) is 9.41. The molecule has 2 rings (SSSR count). The summed E-state index contributed by atoms with van der Waals surface area (Å²) in [6.45, 7) is 2.06. The third-order valence-electron chi connectivity index (χ3n) is 3.95. The Hall–Kier alpha value is -1.39. The molecule has 1 aromatic rings. The van der Waals surface area contributed by atoms with Gasteiger partial charge in [-0.3, -0.25) is 0 Å². The zero-order valence-electron chi connectivity index (χ0n) is 11.5. The Morgan fingerprint density at radius 2 is 1.95 bits per heavy atom. The smallest absolute Gasteiger partial charge is 0.420 e. The SMILES string of the molecule is CCC1CCCCC1Oc1ccc(N)cc1C(F)(F)F. The summed E-state index contributed by atoms with van der Waals surface area (Å²) in [6.07, 6.45) is 0.349. The highest BCUT2D eigenvalue weighted by molar-refractivity contribution is 5.49. The molecule has 2 nitrogen and oxygen atoms in total. The van der Waals surface area contributed by atoms with Gasteiger partial charge in [-0.15, -0.1) is 0 Å². The van der Waals surface area contributed by atoms with Crippen LogP contribution < -0.4 is 10.5 Å². The van der Waals surface area contributed by atoms with E-state index in [-0.39, 0.29) is 17.5 Å². The number of alkyl halides is 3. The van der Waals surface area contributed by atoms with E-state index in [9.17, 15) is 13.2 Å². The molecule has 1 saturated carbocycles. The van der Waals surface area contributed by atoms with E-state index >= 15 is 0 Å². The highest BCUT2D eigenvalue weighted by atomic mass is 19.4. The van der Waals surface area contributed by atoms with Gasteiger partial charge in [-0.25, -0.2) is 0 Å². The van der Waals surface area contributed by atoms with Crippen molar-refractivity contribution in [3.05, 3.63) is 23.8 Å². The summed E-state index contributed by atoms with van der Waals surface area (Å²) < 4.78 is 44.8. The van der Waals surface area contributed by atoms with Crippen LogP contribution in [0.3, 0.4) is 0 Å². The number of nitrogens with two attached hydrogens (primary N) is 1. The maximum absolute atomic E-state index is 13.0. The topological polar surface area (TPSA) is 35.2 Å². The van der Waals surface area contributed by atoms with Crippen LogP contribution in [0.1, 0.15) is 44.6 Å². The maximum atomic E-state index is 13.0. The highest BCUT2D eigenvalue weighted by Gasteiger charge is 2.36. The Labute approximate surface area is 117 Å². The summed E-state index contributed by atoms with van der Waals surface area (Å²) in [7, 11) is 0. The number of rotatable bonds is 3. The first-order valence-corrected chi connectivity index (χ1v) is 7.05. The fraction of sp³-hybridized carbons (Fsp3) is 0.600. The van der Waals surface area contributed by atoms with Gasteiger partial charge in [0.2, 0.25) is 0 Å². The van der Waals surface area contributed by atoms with Crippen molar-refractivity contribution in [1.82, 2.24) is 0 Å². The minimum Gasteiger partial charge on any atom is -0.490 e. The second kappa shape index (κ2) is 5.94. The van der Waals surface area contributed by atoms with Crippen LogP contribution in [0.5, 0.6) is 5.75 Å². The summed E-state index contributed by atoms with van der Waals surface area (Å²) in [5, 5.41) is 0. The summed E-state index contributed by atoms with van der Waals surface area (Å²) >= 11 is 0. The van der Waals surface area contributed by atoms with E-state index in [2.05, 4.69) is 6.92 Å². The number of ether oxygens (including phenoxy) is 1. The lowest BCUT2D eigenvalue weighted by Gasteiger charge is -2.32. The van der Waals surface area contributed by atoms with Crippen molar-refractivity contribution in [2.24, 2.45) is 5.92 Å². The second-order valence-corrected chi connectivity index (χ2v) is 5.36. The number of anilines is 1. The normalized spacial score (nSPS) is 23.6. The molecule has 0 saturated heterocycles. The van der Waals surface area contributed by atoms with E-state index in [0.717, 1.165) is 38.2 Å². The van der Waals surface area contributed by atoms with Crippen LogP contribution in [0.25, 0.3) is 0 Å². The van der Waals surface area contributed by atoms with E-state index in [4.69, 9.17) is 10.5 Å². The first-order valence-electron chi connectivity index (χ1n) is 7.05. The van der Waals surface area contributed by atoms with Crippen molar-refractivity contribution in [1.29, 1.82) is 0 Å². The number of halogens is 3. The zero-order valence-corrected chi connectivity index (χ0v) is 11.5. The molecular formula is C15H20F3NO. The standard InChI is InChI=1S/C15H20F3NO/c1-2-10-5-3-4-6-13(10)20-14-8-7-11(19)9-12(14)15(16,17)18/h7-10,13H,2-6,19H2,1H3. The van der Waals surface area contributed by atoms with Crippen LogP contribution in [0.15, 0.2) is 18.2 Å². The molecular weight excluding hydrogens is 267 g/mol. The molecule has 112 valence electrons. The van der Waals surface area contributed by atoms with E-state index in [0.29, 0.717) is 5.92 Å². The lowest BCUT2D eigenvalue weighted by atomic mass is 9.84. The maximum Gasteiger partial charge on any atom is 0.420 e. The van der Waals surface area contributed by atoms with Gasteiger partial charge in [0, 0.05) is 5.69 Å². The molecule has 0 bridgehead atoms. The van der Waals surface area contributed by atoms with Gasteiger partial charge in [0.25, 0.3) is 0 Å². The molecule has 0 amide bonds. The highest BCUT2D eigenvalue weighted by Crippen LogP contribution is 2.39. The Morgan fingerprint density at radius 3 is 2.60 bits per heavy atom. The van der Waals surface area contributed by atoms with Crippen LogP contribution in [0.4, 0.5) is 18.9 Å². The lowest BCUT2D eigenvalue weighted by Crippen LogP contribution is -2.30. The van der Waals surface area contributed by atoms with Gasteiger partial charge in [-0.05, 0) is 49.8 Å². The van der Waals surface area contributed by atoms with Gasteiger partial charge in [0.15, 0.2) is 0 Å². The van der Waals surface area contributed by atoms with Gasteiger partial charge >= 0.3 is 6.18 Å². The van der Waals surface area contributed by atoms with E-state index in [1.165, 1.54) is 12.1 Å². The molecule has 2 unspecified atom stereocenters. The van der Waals surface area contributed by atoms with Crippen molar-refractivity contribution in [3.8, 4) is 5.75 Å². The molecule has 2 atom stereocenters. The average Bonchev–Trinajstić information content (AvgIpc) is 2.40. The number of hydrogen-bond donors (Lipinski definition) is 1. The van der Waals surface area contributed by atoms with Gasteiger partial charge < -0.3 is 10.5 Å². The van der Waals surface area contributed by atoms with Crippen molar-refractivity contribution < 1.29 is 17.9 Å². The molecule has 2 N–H and O–H groups in total. The monoisotopic (exact) mass is 287 g/mol. The molecule has 1 aliphatic carbocycles. The largest absolute Gasteiger partial charge is 0.490 e. The van der Waals surface area contributed by atoms with Crippen LogP contribution in [-0.4, -0.2) is 6.10 Å². The molecule has 1 aliphatic rings. The number of nitrogen functional groups attached to an aromatic ring is 1. The van der Waals surface area contributed by atoms with Crippen molar-refractivity contribution in [2.75, 3.05) is 5.73 Å². The fourth-order valence-corrected chi connectivity index (χ4v) is 2.83. The predicted molar refractivity (Wildman–Crippen MR) is 72.5 cm³/mol. The van der Waals surface area contributed by atoms with Crippen molar-refractivity contribution >= 4 is 5.69 Å². The Kier molecular flexibility index (Phi) is 4.45. The summed E-state index contributed by atoms with van der Waals surface area (Å²) in [6, 6.07) is 3.73. The zero-order chi connectivity index (χ0) is 14.8.